The molecular weight excluding hydrogens is 429 g/mol. The lowest BCUT2D eigenvalue weighted by Crippen LogP contribution is -2.44. The summed E-state index contributed by atoms with van der Waals surface area (Å²) >= 11 is 7.14. The summed E-state index contributed by atoms with van der Waals surface area (Å²) in [6, 6.07) is 5.15. The molecule has 2 rings (SSSR count). The monoisotopic (exact) mass is 447 g/mol. The molecule has 0 saturated carbocycles. The first-order valence-corrected chi connectivity index (χ1v) is 11.3. The molecule has 1 aromatic heterocycles. The number of aromatic nitrogens is 1. The van der Waals surface area contributed by atoms with Crippen LogP contribution in [0.25, 0.3) is 0 Å². The highest BCUT2D eigenvalue weighted by Gasteiger charge is 2.26. The number of rotatable bonds is 9. The number of benzene rings is 1. The summed E-state index contributed by atoms with van der Waals surface area (Å²) < 4.78 is 45.8. The van der Waals surface area contributed by atoms with Crippen molar-refractivity contribution in [3.05, 3.63) is 47.4 Å². The molecule has 0 aliphatic heterocycles. The van der Waals surface area contributed by atoms with Crippen molar-refractivity contribution in [3.8, 4) is 5.88 Å². The van der Waals surface area contributed by atoms with Gasteiger partial charge >= 0.3 is 0 Å². The number of hydrogen-bond donors (Lipinski definition) is 2. The molecule has 1 heterocycles. The third-order valence-electron chi connectivity index (χ3n) is 3.64. The third kappa shape index (κ3) is 6.06. The Morgan fingerprint density at radius 2 is 2.11 bits per heavy atom. The summed E-state index contributed by atoms with van der Waals surface area (Å²) in [7, 11) is -2.62. The molecular formula is C17H19ClFN3O4S2. The van der Waals surface area contributed by atoms with Gasteiger partial charge in [-0.25, -0.2) is 17.8 Å². The highest BCUT2D eigenvalue weighted by molar-refractivity contribution is 7.98. The van der Waals surface area contributed by atoms with Crippen LogP contribution in [-0.4, -0.2) is 44.5 Å². The fourth-order valence-corrected chi connectivity index (χ4v) is 4.16. The quantitative estimate of drug-likeness (QED) is 0.613. The number of halogens is 2. The third-order valence-corrected chi connectivity index (χ3v) is 6.04. The molecule has 1 amide bonds. The average molecular weight is 448 g/mol. The highest BCUT2D eigenvalue weighted by atomic mass is 35.5. The van der Waals surface area contributed by atoms with Gasteiger partial charge in [-0.1, -0.05) is 11.6 Å². The Balaban J connectivity index is 2.18. The van der Waals surface area contributed by atoms with Gasteiger partial charge in [-0.15, -0.1) is 0 Å². The second kappa shape index (κ2) is 10.1. The first-order chi connectivity index (χ1) is 13.3. The van der Waals surface area contributed by atoms with Gasteiger partial charge in [0.2, 0.25) is 21.8 Å². The van der Waals surface area contributed by atoms with Crippen molar-refractivity contribution in [2.24, 2.45) is 0 Å². The van der Waals surface area contributed by atoms with Crippen molar-refractivity contribution < 1.29 is 22.3 Å². The summed E-state index contributed by atoms with van der Waals surface area (Å²) in [6.45, 7) is 0. The number of carbonyl (C=O) groups excluding carboxylic acids is 1. The molecule has 2 aromatic rings. The van der Waals surface area contributed by atoms with Crippen LogP contribution in [0.3, 0.4) is 0 Å². The molecule has 1 aromatic carbocycles. The van der Waals surface area contributed by atoms with E-state index < -0.39 is 27.8 Å². The number of pyridine rings is 1. The molecule has 0 saturated heterocycles. The Kier molecular flexibility index (Phi) is 8.05. The molecule has 0 bridgehead atoms. The maximum atomic E-state index is 13.3. The normalized spacial score (nSPS) is 12.4. The van der Waals surface area contributed by atoms with E-state index >= 15 is 0 Å². The fourth-order valence-electron chi connectivity index (χ4n) is 2.18. The van der Waals surface area contributed by atoms with Crippen LogP contribution in [0.5, 0.6) is 5.88 Å². The van der Waals surface area contributed by atoms with E-state index in [0.717, 1.165) is 18.2 Å². The Morgan fingerprint density at radius 3 is 2.68 bits per heavy atom. The van der Waals surface area contributed by atoms with Crippen molar-refractivity contribution in [3.63, 3.8) is 0 Å². The first kappa shape index (κ1) is 22.4. The van der Waals surface area contributed by atoms with E-state index in [1.54, 1.807) is 12.1 Å². The number of anilines is 1. The van der Waals surface area contributed by atoms with Crippen molar-refractivity contribution in [2.75, 3.05) is 24.4 Å². The number of carbonyl (C=O) groups is 1. The maximum absolute atomic E-state index is 13.3. The van der Waals surface area contributed by atoms with Gasteiger partial charge in [-0.2, -0.15) is 16.5 Å². The zero-order valence-corrected chi connectivity index (χ0v) is 17.5. The number of methoxy groups -OCH3 is 1. The topological polar surface area (TPSA) is 97.4 Å². The molecule has 0 unspecified atom stereocenters. The summed E-state index contributed by atoms with van der Waals surface area (Å²) in [5.41, 5.74) is 0.393. The lowest BCUT2D eigenvalue weighted by Gasteiger charge is -2.18. The number of hydrogen-bond acceptors (Lipinski definition) is 6. The van der Waals surface area contributed by atoms with Crippen LogP contribution in [0, 0.1) is 5.82 Å². The molecule has 0 aliphatic rings. The zero-order chi connectivity index (χ0) is 20.7. The minimum absolute atomic E-state index is 0.230. The van der Waals surface area contributed by atoms with Gasteiger partial charge in [0.05, 0.1) is 28.9 Å². The Labute approximate surface area is 172 Å². The van der Waals surface area contributed by atoms with Gasteiger partial charge in [-0.3, -0.25) is 4.79 Å². The highest BCUT2D eigenvalue weighted by Crippen LogP contribution is 2.20. The van der Waals surface area contributed by atoms with Gasteiger partial charge in [-0.05, 0) is 42.7 Å². The lowest BCUT2D eigenvalue weighted by molar-refractivity contribution is -0.117. The average Bonchev–Trinajstić information content (AvgIpc) is 2.67. The number of ether oxygens (including phenoxy) is 1. The Bertz CT molecular complexity index is 926. The molecule has 0 aliphatic carbocycles. The van der Waals surface area contributed by atoms with E-state index in [4.69, 9.17) is 16.3 Å². The van der Waals surface area contributed by atoms with Crippen LogP contribution in [0.2, 0.25) is 5.02 Å². The smallest absolute Gasteiger partial charge is 0.242 e. The SMILES string of the molecule is COc1ccc(NC(=O)[C@H](CCSC)NS(=O)(=O)c2ccc(F)c(Cl)c2)cn1. The van der Waals surface area contributed by atoms with Crippen LogP contribution in [0.1, 0.15) is 6.42 Å². The number of nitrogens with zero attached hydrogens (tertiary/aromatic N) is 1. The van der Waals surface area contributed by atoms with Gasteiger partial charge < -0.3 is 10.1 Å². The molecule has 7 nitrogen and oxygen atoms in total. The van der Waals surface area contributed by atoms with E-state index in [0.29, 0.717) is 17.3 Å². The molecule has 11 heteroatoms. The van der Waals surface area contributed by atoms with Gasteiger partial charge in [0, 0.05) is 6.07 Å². The van der Waals surface area contributed by atoms with Gasteiger partial charge in [0.15, 0.2) is 0 Å². The molecule has 0 fully saturated rings. The number of amides is 1. The molecule has 1 atom stereocenters. The van der Waals surface area contributed by atoms with E-state index in [9.17, 15) is 17.6 Å². The van der Waals surface area contributed by atoms with E-state index in [-0.39, 0.29) is 16.3 Å². The summed E-state index contributed by atoms with van der Waals surface area (Å²) in [5, 5.41) is 2.30. The lowest BCUT2D eigenvalue weighted by atomic mass is 10.2. The van der Waals surface area contributed by atoms with E-state index in [2.05, 4.69) is 15.0 Å². The molecule has 28 heavy (non-hydrogen) atoms. The fraction of sp³-hybridized carbons (Fsp3) is 0.294. The van der Waals surface area contributed by atoms with Gasteiger partial charge in [0.1, 0.15) is 11.9 Å². The van der Waals surface area contributed by atoms with Gasteiger partial charge in [0.25, 0.3) is 0 Å². The van der Waals surface area contributed by atoms with Crippen molar-refractivity contribution in [1.82, 2.24) is 9.71 Å². The largest absolute Gasteiger partial charge is 0.481 e. The molecule has 0 spiro atoms. The maximum Gasteiger partial charge on any atom is 0.242 e. The molecule has 152 valence electrons. The zero-order valence-electron chi connectivity index (χ0n) is 15.1. The summed E-state index contributed by atoms with van der Waals surface area (Å²) in [4.78, 5) is 16.4. The summed E-state index contributed by atoms with van der Waals surface area (Å²) in [5.74, 6) is -0.348. The van der Waals surface area contributed by atoms with Crippen molar-refractivity contribution in [1.29, 1.82) is 0 Å². The standard InChI is InChI=1S/C17H19ClFN3O4S2/c1-26-16-6-3-11(10-20-16)21-17(23)15(7-8-27-2)22-28(24,25)12-4-5-14(19)13(18)9-12/h3-6,9-10,15,22H,7-8H2,1-2H3,(H,21,23)/t15-/m0/s1. The summed E-state index contributed by atoms with van der Waals surface area (Å²) in [6.07, 6.45) is 3.50. The minimum Gasteiger partial charge on any atom is -0.481 e. The second-order valence-electron chi connectivity index (χ2n) is 5.61. The van der Waals surface area contributed by atoms with Crippen LogP contribution < -0.4 is 14.8 Å². The predicted molar refractivity (Wildman–Crippen MR) is 108 cm³/mol. The van der Waals surface area contributed by atoms with E-state index in [1.807, 2.05) is 6.26 Å². The second-order valence-corrected chi connectivity index (χ2v) is 8.72. The number of nitrogens with one attached hydrogen (secondary N) is 2. The van der Waals surface area contributed by atoms with Crippen LogP contribution in [0.15, 0.2) is 41.4 Å². The molecule has 2 N–H and O–H groups in total. The molecule has 0 radical (unpaired) electrons. The van der Waals surface area contributed by atoms with E-state index in [1.165, 1.54) is 25.1 Å². The van der Waals surface area contributed by atoms with Crippen molar-refractivity contribution in [2.45, 2.75) is 17.4 Å². The Hall–Kier alpha value is -1.88. The number of sulfonamides is 1. The first-order valence-electron chi connectivity index (χ1n) is 8.04. The minimum atomic E-state index is -4.08. The Morgan fingerprint density at radius 1 is 1.36 bits per heavy atom. The van der Waals surface area contributed by atoms with Crippen LogP contribution in [0.4, 0.5) is 10.1 Å². The van der Waals surface area contributed by atoms with Crippen molar-refractivity contribution >= 4 is 45.0 Å². The van der Waals surface area contributed by atoms with Crippen LogP contribution >= 0.6 is 23.4 Å². The number of thioether (sulfide) groups is 1. The van der Waals surface area contributed by atoms with Crippen LogP contribution in [-0.2, 0) is 14.8 Å². The predicted octanol–water partition coefficient (Wildman–Crippen LogP) is 2.92.